The quantitative estimate of drug-likeness (QED) is 0.150. The number of benzene rings is 2. The van der Waals surface area contributed by atoms with Crippen LogP contribution in [0.3, 0.4) is 0 Å². The lowest BCUT2D eigenvalue weighted by Crippen LogP contribution is -2.55. The smallest absolute Gasteiger partial charge is 0.407 e. The number of carbonyl (C=O) groups excluding carboxylic acids is 4. The number of hydrazine groups is 1. The third-order valence-electron chi connectivity index (χ3n) is 7.33. The van der Waals surface area contributed by atoms with Crippen molar-refractivity contribution in [2.75, 3.05) is 26.9 Å². The first-order chi connectivity index (χ1) is 22.4. The number of carbonyl (C=O) groups is 4. The first-order valence-electron chi connectivity index (χ1n) is 16.0. The fourth-order valence-electron chi connectivity index (χ4n) is 4.78. The van der Waals surface area contributed by atoms with Gasteiger partial charge in [0.2, 0.25) is 5.91 Å². The molecule has 0 bridgehead atoms. The highest BCUT2D eigenvalue weighted by molar-refractivity contribution is 5.86. The Morgan fingerprint density at radius 2 is 1.30 bits per heavy atom. The monoisotopic (exact) mass is 657 g/mol. The molecule has 260 valence electrons. The average Bonchev–Trinajstić information content (AvgIpc) is 3.04. The molecule has 2 aromatic carbocycles. The number of hydrogen-bond acceptors (Lipinski definition) is 9. The number of nitrogens with one attached hydrogen (secondary N) is 4. The van der Waals surface area contributed by atoms with Gasteiger partial charge in [-0.1, -0.05) is 70.2 Å². The normalized spacial score (nSPS) is 13.7. The summed E-state index contributed by atoms with van der Waals surface area (Å²) in [5.41, 5.74) is 4.42. The molecule has 2 aromatic rings. The van der Waals surface area contributed by atoms with E-state index < -0.39 is 48.2 Å². The molecule has 4 atom stereocenters. The number of alkyl carbamates (subject to hydrolysis) is 2. The van der Waals surface area contributed by atoms with Crippen LogP contribution in [0.15, 0.2) is 54.6 Å². The Kier molecular flexibility index (Phi) is 16.5. The van der Waals surface area contributed by atoms with Crippen molar-refractivity contribution < 1.29 is 38.5 Å². The summed E-state index contributed by atoms with van der Waals surface area (Å²) in [6.07, 6.45) is -2.37. The van der Waals surface area contributed by atoms with Gasteiger partial charge in [-0.05, 0) is 55.4 Å². The molecule has 4 amide bonds. The van der Waals surface area contributed by atoms with Gasteiger partial charge in [0.05, 0.1) is 32.5 Å². The second-order valence-electron chi connectivity index (χ2n) is 11.7. The highest BCUT2D eigenvalue weighted by atomic mass is 16.6. The van der Waals surface area contributed by atoms with Gasteiger partial charge in [0.1, 0.15) is 17.8 Å². The molecule has 2 rings (SSSR count). The van der Waals surface area contributed by atoms with E-state index in [4.69, 9.17) is 14.2 Å². The molecule has 5 N–H and O–H groups in total. The van der Waals surface area contributed by atoms with Crippen molar-refractivity contribution in [3.05, 3.63) is 65.7 Å². The third kappa shape index (κ3) is 13.1. The zero-order chi connectivity index (χ0) is 34.9. The van der Waals surface area contributed by atoms with E-state index in [9.17, 15) is 24.3 Å². The van der Waals surface area contributed by atoms with Gasteiger partial charge in [0.25, 0.3) is 5.91 Å². The van der Waals surface area contributed by atoms with E-state index in [2.05, 4.69) is 21.4 Å². The minimum absolute atomic E-state index is 0.131. The Morgan fingerprint density at radius 1 is 0.766 bits per heavy atom. The van der Waals surface area contributed by atoms with Crippen molar-refractivity contribution in [1.82, 2.24) is 26.4 Å². The largest absolute Gasteiger partial charge is 0.497 e. The maximum Gasteiger partial charge on any atom is 0.407 e. The van der Waals surface area contributed by atoms with Crippen LogP contribution in [-0.4, -0.2) is 79.2 Å². The van der Waals surface area contributed by atoms with E-state index in [1.165, 1.54) is 0 Å². The molecule has 0 spiro atoms. The first-order valence-corrected chi connectivity index (χ1v) is 16.0. The molecule has 0 aliphatic carbocycles. The molecule has 0 fully saturated rings. The average molecular weight is 658 g/mol. The molecule has 0 aliphatic rings. The second kappa shape index (κ2) is 20.0. The lowest BCUT2D eigenvalue weighted by atomic mass is 9.97. The maximum absolute atomic E-state index is 13.4. The van der Waals surface area contributed by atoms with Gasteiger partial charge in [0, 0.05) is 13.1 Å². The van der Waals surface area contributed by atoms with Crippen LogP contribution in [0.2, 0.25) is 0 Å². The van der Waals surface area contributed by atoms with Crippen molar-refractivity contribution in [2.45, 2.75) is 78.7 Å². The third-order valence-corrected chi connectivity index (χ3v) is 7.33. The molecule has 0 heterocycles. The van der Waals surface area contributed by atoms with Gasteiger partial charge >= 0.3 is 12.2 Å². The lowest BCUT2D eigenvalue weighted by molar-refractivity contribution is -0.129. The summed E-state index contributed by atoms with van der Waals surface area (Å²) in [6.45, 7) is 11.3. The number of amides is 4. The maximum atomic E-state index is 13.4. The summed E-state index contributed by atoms with van der Waals surface area (Å²) in [5, 5.41) is 21.3. The SMILES string of the molecule is CCOC(=O)NC(C(=O)NC(c1ccccc1)C(O)CCN(Cc1ccc(OC)cc1)NC(=O)C(NC(=O)OCC)C(C)C)C(C)C. The van der Waals surface area contributed by atoms with Crippen LogP contribution in [0.5, 0.6) is 5.75 Å². The number of aliphatic hydroxyl groups is 1. The van der Waals surface area contributed by atoms with Crippen LogP contribution >= 0.6 is 0 Å². The number of methoxy groups -OCH3 is 1. The van der Waals surface area contributed by atoms with E-state index in [1.807, 2.05) is 32.0 Å². The van der Waals surface area contributed by atoms with Crippen molar-refractivity contribution in [3.8, 4) is 5.75 Å². The van der Waals surface area contributed by atoms with Crippen LogP contribution in [0, 0.1) is 11.8 Å². The van der Waals surface area contributed by atoms with Gasteiger partial charge in [-0.2, -0.15) is 0 Å². The predicted octanol–water partition coefficient (Wildman–Crippen LogP) is 3.68. The minimum atomic E-state index is -1.09. The summed E-state index contributed by atoms with van der Waals surface area (Å²) >= 11 is 0. The topological polar surface area (TPSA) is 168 Å². The van der Waals surface area contributed by atoms with E-state index in [1.54, 1.807) is 76.2 Å². The summed E-state index contributed by atoms with van der Waals surface area (Å²) in [6, 6.07) is 13.7. The first kappa shape index (κ1) is 38.8. The zero-order valence-electron chi connectivity index (χ0n) is 28.4. The van der Waals surface area contributed by atoms with Crippen LogP contribution in [0.1, 0.15) is 65.1 Å². The molecule has 13 heteroatoms. The molecule has 0 saturated carbocycles. The Hall–Kier alpha value is -4.36. The lowest BCUT2D eigenvalue weighted by Gasteiger charge is -2.31. The molecule has 13 nitrogen and oxygen atoms in total. The van der Waals surface area contributed by atoms with Gasteiger partial charge in [-0.25, -0.2) is 14.6 Å². The Morgan fingerprint density at radius 3 is 1.79 bits per heavy atom. The van der Waals surface area contributed by atoms with Crippen LogP contribution in [0.25, 0.3) is 0 Å². The molecule has 0 saturated heterocycles. The number of rotatable bonds is 18. The summed E-state index contributed by atoms with van der Waals surface area (Å²) in [4.78, 5) is 51.2. The van der Waals surface area contributed by atoms with Crippen LogP contribution < -0.4 is 26.1 Å². The Labute approximate surface area is 277 Å². The van der Waals surface area contributed by atoms with Gasteiger partial charge in [-0.15, -0.1) is 0 Å². The number of aliphatic hydroxyl groups excluding tert-OH is 1. The number of ether oxygens (including phenoxy) is 3. The van der Waals surface area contributed by atoms with Crippen molar-refractivity contribution in [3.63, 3.8) is 0 Å². The van der Waals surface area contributed by atoms with Gasteiger partial charge < -0.3 is 35.3 Å². The number of hydrogen-bond donors (Lipinski definition) is 5. The minimum Gasteiger partial charge on any atom is -0.497 e. The Balaban J connectivity index is 2.30. The standard InChI is InChI=1S/C34H51N5O8/c1-8-46-33(43)36-28(22(3)4)31(41)35-30(25-13-11-10-12-14-25)27(40)19-20-39(21-24-15-17-26(45-7)18-16-24)38-32(42)29(23(5)6)37-34(44)47-9-2/h10-18,22-23,27-30,40H,8-9,19-21H2,1-7H3,(H,35,41)(H,36,43)(H,37,44)(H,38,42). The molecular weight excluding hydrogens is 606 g/mol. The fourth-order valence-corrected chi connectivity index (χ4v) is 4.78. The summed E-state index contributed by atoms with van der Waals surface area (Å²) in [5.74, 6) is -0.761. The zero-order valence-corrected chi connectivity index (χ0v) is 28.4. The van der Waals surface area contributed by atoms with Crippen molar-refractivity contribution in [1.29, 1.82) is 0 Å². The van der Waals surface area contributed by atoms with Crippen molar-refractivity contribution in [2.24, 2.45) is 11.8 Å². The van der Waals surface area contributed by atoms with E-state index in [0.29, 0.717) is 11.3 Å². The van der Waals surface area contributed by atoms with Crippen LogP contribution in [-0.2, 0) is 25.6 Å². The van der Waals surface area contributed by atoms with Gasteiger partial charge in [-0.3, -0.25) is 15.0 Å². The highest BCUT2D eigenvalue weighted by Crippen LogP contribution is 2.21. The van der Waals surface area contributed by atoms with E-state index in [0.717, 1.165) is 5.56 Å². The summed E-state index contributed by atoms with van der Waals surface area (Å²) < 4.78 is 15.2. The Bertz CT molecular complexity index is 1260. The van der Waals surface area contributed by atoms with Crippen molar-refractivity contribution >= 4 is 24.0 Å². The molecule has 0 radical (unpaired) electrons. The molecule has 4 unspecified atom stereocenters. The van der Waals surface area contributed by atoms with Gasteiger partial charge in [0.15, 0.2) is 0 Å². The van der Waals surface area contributed by atoms with Crippen LogP contribution in [0.4, 0.5) is 9.59 Å². The van der Waals surface area contributed by atoms with E-state index >= 15 is 0 Å². The van der Waals surface area contributed by atoms with E-state index in [-0.39, 0.29) is 44.6 Å². The molecule has 0 aliphatic heterocycles. The predicted molar refractivity (Wildman–Crippen MR) is 177 cm³/mol. The molecule has 47 heavy (non-hydrogen) atoms. The molecule has 0 aromatic heterocycles. The number of nitrogens with zero attached hydrogens (tertiary/aromatic N) is 1. The highest BCUT2D eigenvalue weighted by Gasteiger charge is 2.31. The fraction of sp³-hybridized carbons (Fsp3) is 0.529. The second-order valence-corrected chi connectivity index (χ2v) is 11.7. The summed E-state index contributed by atoms with van der Waals surface area (Å²) in [7, 11) is 1.57. The molecular formula is C34H51N5O8.